The van der Waals surface area contributed by atoms with E-state index < -0.39 is 0 Å². The number of anilines is 2. The van der Waals surface area contributed by atoms with Crippen LogP contribution in [0.5, 0.6) is 6.01 Å². The maximum Gasteiger partial charge on any atom is 0.317 e. The lowest BCUT2D eigenvalue weighted by molar-refractivity contribution is 0.338. The molecule has 0 N–H and O–H groups in total. The van der Waals surface area contributed by atoms with E-state index in [0.29, 0.717) is 0 Å². The first-order chi connectivity index (χ1) is 14.6. The fraction of sp³-hybridized carbons (Fsp3) is 0.227. The Hall–Kier alpha value is -3.99. The van der Waals surface area contributed by atoms with E-state index in [1.807, 2.05) is 36.9 Å². The predicted molar refractivity (Wildman–Crippen MR) is 115 cm³/mol. The number of pyridine rings is 1. The molecule has 0 spiro atoms. The molecule has 0 saturated heterocycles. The van der Waals surface area contributed by atoms with Gasteiger partial charge in [0.2, 0.25) is 0 Å². The molecule has 0 radical (unpaired) electrons. The van der Waals surface area contributed by atoms with Gasteiger partial charge in [-0.1, -0.05) is 13.0 Å². The van der Waals surface area contributed by atoms with Gasteiger partial charge >= 0.3 is 6.01 Å². The van der Waals surface area contributed by atoms with Gasteiger partial charge in [0.1, 0.15) is 17.4 Å². The lowest BCUT2D eigenvalue weighted by Gasteiger charge is -2.22. The second-order valence-corrected chi connectivity index (χ2v) is 6.84. The minimum atomic E-state index is -0.0704. The van der Waals surface area contributed by atoms with E-state index in [0.717, 1.165) is 40.1 Å². The molecule has 1 aromatic carbocycles. The summed E-state index contributed by atoms with van der Waals surface area (Å²) in [6.07, 6.45) is 7.87. The number of hydrogen-bond acceptors (Lipinski definition) is 7. The first-order valence-electron chi connectivity index (χ1n) is 9.56. The number of aryl methyl sites for hydroxylation is 2. The van der Waals surface area contributed by atoms with E-state index in [1.54, 1.807) is 24.9 Å². The molecule has 0 saturated carbocycles. The highest BCUT2D eigenvalue weighted by Crippen LogP contribution is 2.31. The second kappa shape index (κ2) is 8.17. The molecule has 0 unspecified atom stereocenters. The number of imidazole rings is 1. The summed E-state index contributed by atoms with van der Waals surface area (Å²) in [5, 5.41) is 8.58. The van der Waals surface area contributed by atoms with Gasteiger partial charge in [0, 0.05) is 43.8 Å². The minimum absolute atomic E-state index is 0.0704. The largest absolute Gasteiger partial charge is 0.448 e. The third kappa shape index (κ3) is 3.65. The Morgan fingerprint density at radius 1 is 1.07 bits per heavy atom. The Kier molecular flexibility index (Phi) is 5.26. The molecular weight excluding hydrogens is 378 g/mol. The lowest BCUT2D eigenvalue weighted by Crippen LogP contribution is -2.13. The van der Waals surface area contributed by atoms with Crippen LogP contribution in [0.3, 0.4) is 0 Å². The molecule has 150 valence electrons. The predicted octanol–water partition coefficient (Wildman–Crippen LogP) is 3.66. The molecule has 0 aliphatic carbocycles. The van der Waals surface area contributed by atoms with Crippen molar-refractivity contribution in [3.63, 3.8) is 0 Å². The summed E-state index contributed by atoms with van der Waals surface area (Å²) in [6, 6.07) is 10.4. The molecule has 3 heterocycles. The van der Waals surface area contributed by atoms with Crippen LogP contribution in [0, 0.1) is 11.3 Å². The monoisotopic (exact) mass is 399 g/mol. The van der Waals surface area contributed by atoms with Gasteiger partial charge in [-0.3, -0.25) is 0 Å². The highest BCUT2D eigenvalue weighted by atomic mass is 16.5. The van der Waals surface area contributed by atoms with Crippen molar-refractivity contribution in [2.24, 2.45) is 7.05 Å². The number of aromatic nitrogens is 5. The van der Waals surface area contributed by atoms with Crippen molar-refractivity contribution >= 4 is 22.5 Å². The summed E-state index contributed by atoms with van der Waals surface area (Å²) in [5.41, 5.74) is 6.10. The summed E-state index contributed by atoms with van der Waals surface area (Å²) >= 11 is 0. The fourth-order valence-corrected chi connectivity index (χ4v) is 3.34. The Morgan fingerprint density at radius 2 is 1.87 bits per heavy atom. The summed E-state index contributed by atoms with van der Waals surface area (Å²) in [5.74, 6) is 0.857. The number of nitriles is 1. The number of hydrogen-bond donors (Lipinski definition) is 0. The van der Waals surface area contributed by atoms with Gasteiger partial charge in [0.15, 0.2) is 6.61 Å². The van der Waals surface area contributed by atoms with Gasteiger partial charge in [-0.2, -0.15) is 5.26 Å². The van der Waals surface area contributed by atoms with Crippen LogP contribution >= 0.6 is 0 Å². The fourth-order valence-electron chi connectivity index (χ4n) is 3.34. The topological polar surface area (TPSA) is 92.8 Å². The normalized spacial score (nSPS) is 10.7. The number of ether oxygens (including phenoxy) is 1. The molecule has 4 rings (SSSR count). The van der Waals surface area contributed by atoms with Gasteiger partial charge in [0.05, 0.1) is 18.0 Å². The van der Waals surface area contributed by atoms with Crippen molar-refractivity contribution < 1.29 is 4.74 Å². The van der Waals surface area contributed by atoms with Gasteiger partial charge in [-0.15, -0.1) is 0 Å². The van der Waals surface area contributed by atoms with Crippen LogP contribution in [-0.2, 0) is 13.5 Å². The van der Waals surface area contributed by atoms with E-state index in [1.165, 1.54) is 5.56 Å². The molecule has 0 bridgehead atoms. The van der Waals surface area contributed by atoms with Crippen molar-refractivity contribution in [3.8, 4) is 23.2 Å². The average Bonchev–Trinajstić information content (AvgIpc) is 3.17. The lowest BCUT2D eigenvalue weighted by atomic mass is 10.0. The highest BCUT2D eigenvalue weighted by molar-refractivity contribution is 5.79. The minimum Gasteiger partial charge on any atom is -0.448 e. The van der Waals surface area contributed by atoms with E-state index >= 15 is 0 Å². The molecule has 8 nitrogen and oxygen atoms in total. The summed E-state index contributed by atoms with van der Waals surface area (Å²) in [7, 11) is 3.99. The van der Waals surface area contributed by atoms with Gasteiger partial charge in [0.25, 0.3) is 0 Å². The molecule has 4 aromatic rings. The van der Waals surface area contributed by atoms with Crippen LogP contribution in [0.2, 0.25) is 0 Å². The van der Waals surface area contributed by atoms with Crippen molar-refractivity contribution in [2.45, 2.75) is 13.3 Å². The van der Waals surface area contributed by atoms with Crippen LogP contribution in [-0.4, -0.2) is 38.2 Å². The zero-order chi connectivity index (χ0) is 21.1. The quantitative estimate of drug-likeness (QED) is 0.488. The summed E-state index contributed by atoms with van der Waals surface area (Å²) in [4.78, 5) is 19.4. The number of rotatable bonds is 6. The Balaban J connectivity index is 1.64. The molecule has 8 heteroatoms. The van der Waals surface area contributed by atoms with Crippen LogP contribution in [0.1, 0.15) is 12.5 Å². The van der Waals surface area contributed by atoms with E-state index in [4.69, 9.17) is 10.00 Å². The van der Waals surface area contributed by atoms with Gasteiger partial charge < -0.3 is 14.2 Å². The maximum absolute atomic E-state index is 8.58. The molecular formula is C22H21N7O. The highest BCUT2D eigenvalue weighted by Gasteiger charge is 2.13. The molecule has 0 fully saturated rings. The van der Waals surface area contributed by atoms with E-state index in [2.05, 4.69) is 43.9 Å². The molecule has 0 aliphatic heterocycles. The van der Waals surface area contributed by atoms with Gasteiger partial charge in [-0.25, -0.2) is 19.9 Å². The first-order valence-corrected chi connectivity index (χ1v) is 9.56. The van der Waals surface area contributed by atoms with E-state index in [-0.39, 0.29) is 12.6 Å². The van der Waals surface area contributed by atoms with Crippen LogP contribution in [0.4, 0.5) is 11.5 Å². The zero-order valence-corrected chi connectivity index (χ0v) is 17.1. The average molecular weight is 399 g/mol. The molecule has 30 heavy (non-hydrogen) atoms. The second-order valence-electron chi connectivity index (χ2n) is 6.84. The van der Waals surface area contributed by atoms with Crippen LogP contribution in [0.25, 0.3) is 22.2 Å². The SMILES string of the molecule is CCc1cc(-c2cnc(OCC#N)nc2)ccc1N(C)c1cc2c(cn1)ncn2C. The number of fused-ring (bicyclic) bond motifs is 1. The van der Waals surface area contributed by atoms with Gasteiger partial charge in [-0.05, 0) is 29.7 Å². The third-order valence-corrected chi connectivity index (χ3v) is 4.99. The molecule has 0 amide bonds. The zero-order valence-electron chi connectivity index (χ0n) is 17.1. The molecule has 0 atom stereocenters. The maximum atomic E-state index is 8.58. The number of benzene rings is 1. The standard InChI is InChI=1S/C22H21N7O/c1-4-15-9-16(17-11-25-22(26-12-17)30-8-7-23)5-6-19(15)29(3)21-10-20-18(13-24-21)27-14-28(20)2/h5-6,9-14H,4,8H2,1-3H3. The molecule has 3 aromatic heterocycles. The smallest absolute Gasteiger partial charge is 0.317 e. The first kappa shape index (κ1) is 19.3. The van der Waals surface area contributed by atoms with Crippen LogP contribution < -0.4 is 9.64 Å². The summed E-state index contributed by atoms with van der Waals surface area (Å²) in [6.45, 7) is 2.06. The van der Waals surface area contributed by atoms with Crippen molar-refractivity contribution in [1.82, 2.24) is 24.5 Å². The Bertz CT molecular complexity index is 1220. The number of nitrogens with zero attached hydrogens (tertiary/aromatic N) is 7. The Labute approximate surface area is 174 Å². The van der Waals surface area contributed by atoms with Crippen LogP contribution in [0.15, 0.2) is 49.2 Å². The summed E-state index contributed by atoms with van der Waals surface area (Å²) < 4.78 is 7.11. The van der Waals surface area contributed by atoms with Crippen molar-refractivity contribution in [2.75, 3.05) is 18.6 Å². The van der Waals surface area contributed by atoms with Crippen molar-refractivity contribution in [1.29, 1.82) is 5.26 Å². The van der Waals surface area contributed by atoms with Crippen molar-refractivity contribution in [3.05, 3.63) is 54.7 Å². The Morgan fingerprint density at radius 3 is 2.60 bits per heavy atom. The van der Waals surface area contributed by atoms with E-state index in [9.17, 15) is 0 Å². The third-order valence-electron chi connectivity index (χ3n) is 4.99. The molecule has 0 aliphatic rings.